The molecule has 1 unspecified atom stereocenters. The van der Waals surface area contributed by atoms with Crippen molar-refractivity contribution >= 4 is 11.5 Å². The van der Waals surface area contributed by atoms with Crippen molar-refractivity contribution in [3.63, 3.8) is 0 Å². The van der Waals surface area contributed by atoms with Crippen LogP contribution in [-0.4, -0.2) is 11.8 Å². The molecule has 2 heteroatoms. The van der Waals surface area contributed by atoms with E-state index in [1.165, 1.54) is 0 Å². The minimum absolute atomic E-state index is 0.204. The van der Waals surface area contributed by atoms with Crippen molar-refractivity contribution in [1.29, 1.82) is 0 Å². The van der Waals surface area contributed by atoms with Gasteiger partial charge in [-0.05, 0) is 12.5 Å². The molecule has 2 nitrogen and oxygen atoms in total. The molecule has 1 heterocycles. The van der Waals surface area contributed by atoms with Gasteiger partial charge in [0.2, 0.25) is 0 Å². The summed E-state index contributed by atoms with van der Waals surface area (Å²) in [6, 6.07) is 10.2. The minimum Gasteiger partial charge on any atom is -0.382 e. The highest BCUT2D eigenvalue weighted by Crippen LogP contribution is 2.16. The van der Waals surface area contributed by atoms with Crippen LogP contribution in [0.15, 0.2) is 36.4 Å². The largest absolute Gasteiger partial charge is 0.382 e. The summed E-state index contributed by atoms with van der Waals surface area (Å²) in [6.07, 6.45) is 2.28. The first kappa shape index (κ1) is 9.00. The van der Waals surface area contributed by atoms with Crippen LogP contribution in [0.3, 0.4) is 0 Å². The van der Waals surface area contributed by atoms with Crippen LogP contribution >= 0.6 is 0 Å². The van der Waals surface area contributed by atoms with Gasteiger partial charge in [-0.3, -0.25) is 4.79 Å². The number of carbonyl (C=O) groups excluding carboxylic acids is 1. The molecule has 0 spiro atoms. The molecule has 2 rings (SSSR count). The van der Waals surface area contributed by atoms with Crippen LogP contribution in [-0.2, 0) is 4.79 Å². The van der Waals surface area contributed by atoms with Crippen molar-refractivity contribution in [3.8, 4) is 0 Å². The van der Waals surface area contributed by atoms with Crippen molar-refractivity contribution in [2.24, 2.45) is 0 Å². The normalized spacial score (nSPS) is 21.4. The number of allylic oxidation sites excluding steroid dienone is 1. The maximum absolute atomic E-state index is 11.3. The van der Waals surface area contributed by atoms with E-state index in [1.54, 1.807) is 6.08 Å². The van der Waals surface area contributed by atoms with Crippen LogP contribution < -0.4 is 5.32 Å². The number of nitrogens with one attached hydrogen (secondary N) is 1. The maximum atomic E-state index is 11.3. The number of hydrogen-bond acceptors (Lipinski definition) is 2. The van der Waals surface area contributed by atoms with Gasteiger partial charge in [0.25, 0.3) is 0 Å². The van der Waals surface area contributed by atoms with Crippen LogP contribution in [0.25, 0.3) is 5.70 Å². The zero-order chi connectivity index (χ0) is 9.97. The molecule has 1 atom stereocenters. The molecule has 1 aromatic carbocycles. The number of rotatable bonds is 1. The topological polar surface area (TPSA) is 29.1 Å². The summed E-state index contributed by atoms with van der Waals surface area (Å²) in [6.45, 7) is 2.02. The smallest absolute Gasteiger partial charge is 0.159 e. The fraction of sp³-hybridized carbons (Fsp3) is 0.250. The molecular formula is C12H13NO. The second kappa shape index (κ2) is 3.66. The summed E-state index contributed by atoms with van der Waals surface area (Å²) in [4.78, 5) is 11.3. The quantitative estimate of drug-likeness (QED) is 0.728. The first-order chi connectivity index (χ1) is 6.75. The number of ketones is 1. The summed E-state index contributed by atoms with van der Waals surface area (Å²) in [5, 5.41) is 3.30. The Balaban J connectivity index is 2.31. The highest BCUT2D eigenvalue weighted by atomic mass is 16.1. The van der Waals surface area contributed by atoms with Crippen LogP contribution in [0.2, 0.25) is 0 Å². The van der Waals surface area contributed by atoms with Crippen molar-refractivity contribution < 1.29 is 4.79 Å². The van der Waals surface area contributed by atoms with E-state index in [0.29, 0.717) is 6.42 Å². The zero-order valence-electron chi connectivity index (χ0n) is 8.16. The second-order valence-electron chi connectivity index (χ2n) is 3.64. The number of hydrogen-bond donors (Lipinski definition) is 1. The average Bonchev–Trinajstić information content (AvgIpc) is 2.18. The Labute approximate surface area is 83.6 Å². The maximum Gasteiger partial charge on any atom is 0.159 e. The zero-order valence-corrected chi connectivity index (χ0v) is 8.16. The van der Waals surface area contributed by atoms with E-state index in [2.05, 4.69) is 5.32 Å². The molecule has 0 aliphatic carbocycles. The monoisotopic (exact) mass is 187 g/mol. The van der Waals surface area contributed by atoms with E-state index in [1.807, 2.05) is 37.3 Å². The molecule has 0 saturated carbocycles. The standard InChI is InChI=1S/C12H13NO/c1-9-7-11(14)8-12(13-9)10-5-3-2-4-6-10/h2-6,8-9,13H,7H2,1H3. The van der Waals surface area contributed by atoms with Gasteiger partial charge in [0.05, 0.1) is 0 Å². The summed E-state index contributed by atoms with van der Waals surface area (Å²) in [5.41, 5.74) is 2.02. The molecule has 1 aromatic rings. The number of benzene rings is 1. The van der Waals surface area contributed by atoms with E-state index >= 15 is 0 Å². The first-order valence-corrected chi connectivity index (χ1v) is 4.82. The molecule has 1 aliphatic rings. The van der Waals surface area contributed by atoms with Gasteiger partial charge in [-0.15, -0.1) is 0 Å². The predicted octanol–water partition coefficient (Wildman–Crippen LogP) is 1.98. The molecular weight excluding hydrogens is 174 g/mol. The van der Waals surface area contributed by atoms with Gasteiger partial charge in [0, 0.05) is 24.2 Å². The fourth-order valence-corrected chi connectivity index (χ4v) is 1.66. The highest BCUT2D eigenvalue weighted by Gasteiger charge is 2.16. The van der Waals surface area contributed by atoms with E-state index < -0.39 is 0 Å². The van der Waals surface area contributed by atoms with Crippen molar-refractivity contribution in [2.75, 3.05) is 0 Å². The van der Waals surface area contributed by atoms with Crippen LogP contribution in [0, 0.1) is 0 Å². The third-order valence-corrected chi connectivity index (χ3v) is 2.30. The fourth-order valence-electron chi connectivity index (χ4n) is 1.66. The van der Waals surface area contributed by atoms with Gasteiger partial charge in [-0.25, -0.2) is 0 Å². The van der Waals surface area contributed by atoms with Crippen molar-refractivity contribution in [1.82, 2.24) is 5.32 Å². The Kier molecular flexibility index (Phi) is 2.35. The van der Waals surface area contributed by atoms with E-state index in [9.17, 15) is 4.79 Å². The summed E-state index contributed by atoms with van der Waals surface area (Å²) < 4.78 is 0. The van der Waals surface area contributed by atoms with Crippen LogP contribution in [0.5, 0.6) is 0 Å². The van der Waals surface area contributed by atoms with E-state index in [-0.39, 0.29) is 11.8 Å². The molecule has 0 aromatic heterocycles. The van der Waals surface area contributed by atoms with E-state index in [4.69, 9.17) is 0 Å². The Hall–Kier alpha value is -1.57. The average molecular weight is 187 g/mol. The Morgan fingerprint density at radius 2 is 2.00 bits per heavy atom. The van der Waals surface area contributed by atoms with Gasteiger partial charge in [-0.2, -0.15) is 0 Å². The Bertz CT molecular complexity index is 367. The minimum atomic E-state index is 0.204. The van der Waals surface area contributed by atoms with Crippen LogP contribution in [0.1, 0.15) is 18.9 Å². The van der Waals surface area contributed by atoms with Crippen molar-refractivity contribution in [3.05, 3.63) is 42.0 Å². The second-order valence-corrected chi connectivity index (χ2v) is 3.64. The molecule has 0 bridgehead atoms. The van der Waals surface area contributed by atoms with Gasteiger partial charge < -0.3 is 5.32 Å². The third kappa shape index (κ3) is 1.84. The lowest BCUT2D eigenvalue weighted by Gasteiger charge is -2.21. The lowest BCUT2D eigenvalue weighted by molar-refractivity contribution is -0.115. The van der Waals surface area contributed by atoms with Gasteiger partial charge in [-0.1, -0.05) is 30.3 Å². The van der Waals surface area contributed by atoms with Gasteiger partial charge >= 0.3 is 0 Å². The third-order valence-electron chi connectivity index (χ3n) is 2.30. The molecule has 0 saturated heterocycles. The van der Waals surface area contributed by atoms with Gasteiger partial charge in [0.1, 0.15) is 0 Å². The molecule has 0 radical (unpaired) electrons. The first-order valence-electron chi connectivity index (χ1n) is 4.82. The molecule has 1 aliphatic heterocycles. The predicted molar refractivity (Wildman–Crippen MR) is 56.6 cm³/mol. The highest BCUT2D eigenvalue weighted by molar-refractivity contribution is 5.98. The molecule has 1 N–H and O–H groups in total. The summed E-state index contributed by atoms with van der Waals surface area (Å²) >= 11 is 0. The lowest BCUT2D eigenvalue weighted by Crippen LogP contribution is -2.31. The van der Waals surface area contributed by atoms with Crippen LogP contribution in [0.4, 0.5) is 0 Å². The molecule has 0 fully saturated rings. The Morgan fingerprint density at radius 3 is 2.64 bits per heavy atom. The summed E-state index contributed by atoms with van der Waals surface area (Å²) in [7, 11) is 0. The lowest BCUT2D eigenvalue weighted by atomic mass is 10.0. The summed E-state index contributed by atoms with van der Waals surface area (Å²) in [5.74, 6) is 0.204. The SMILES string of the molecule is CC1CC(=O)C=C(c2ccccc2)N1. The molecule has 14 heavy (non-hydrogen) atoms. The Morgan fingerprint density at radius 1 is 1.29 bits per heavy atom. The molecule has 72 valence electrons. The van der Waals surface area contributed by atoms with Gasteiger partial charge in [0.15, 0.2) is 5.78 Å². The van der Waals surface area contributed by atoms with Crippen molar-refractivity contribution in [2.45, 2.75) is 19.4 Å². The number of carbonyl (C=O) groups is 1. The van der Waals surface area contributed by atoms with E-state index in [0.717, 1.165) is 11.3 Å². The molecule has 0 amide bonds.